The van der Waals surface area contributed by atoms with E-state index in [1.807, 2.05) is 11.0 Å². The number of aliphatic hydroxyl groups excluding tert-OH is 1. The lowest BCUT2D eigenvalue weighted by molar-refractivity contribution is 0.163. The molecule has 1 saturated heterocycles. The van der Waals surface area contributed by atoms with Gasteiger partial charge in [-0.3, -0.25) is 0 Å². The van der Waals surface area contributed by atoms with Crippen LogP contribution in [0, 0.1) is 0 Å². The van der Waals surface area contributed by atoms with Crippen molar-refractivity contribution in [1.29, 1.82) is 0 Å². The van der Waals surface area contributed by atoms with Gasteiger partial charge in [-0.2, -0.15) is 0 Å². The fourth-order valence-electron chi connectivity index (χ4n) is 2.53. The Morgan fingerprint density at radius 2 is 1.96 bits per heavy atom. The van der Waals surface area contributed by atoms with Crippen LogP contribution in [0.2, 0.25) is 10.0 Å². The predicted molar refractivity (Wildman–Crippen MR) is 102 cm³/mol. The lowest BCUT2D eigenvalue weighted by Gasteiger charge is -2.17. The van der Waals surface area contributed by atoms with Crippen molar-refractivity contribution in [2.75, 3.05) is 18.0 Å². The molecule has 0 unspecified atom stereocenters. The molecule has 1 aliphatic rings. The van der Waals surface area contributed by atoms with E-state index in [2.05, 4.69) is 31.2 Å². The van der Waals surface area contributed by atoms with Gasteiger partial charge in [-0.25, -0.2) is 9.97 Å². The van der Waals surface area contributed by atoms with Gasteiger partial charge >= 0.3 is 0 Å². The Labute approximate surface area is 164 Å². The van der Waals surface area contributed by atoms with Crippen LogP contribution in [0.25, 0.3) is 0 Å². The van der Waals surface area contributed by atoms with E-state index in [1.165, 1.54) is 0 Å². The Morgan fingerprint density at radius 1 is 1.25 bits per heavy atom. The first kappa shape index (κ1) is 19.7. The summed E-state index contributed by atoms with van der Waals surface area (Å²) in [4.78, 5) is 10.5. The van der Waals surface area contributed by atoms with Crippen LogP contribution >= 0.6 is 51.5 Å². The molecule has 9 heteroatoms. The predicted octanol–water partition coefficient (Wildman–Crippen LogP) is 3.31. The molecule has 1 aromatic carbocycles. The number of hydrogen-bond acceptors (Lipinski definition) is 5. The van der Waals surface area contributed by atoms with E-state index in [4.69, 9.17) is 23.2 Å². The van der Waals surface area contributed by atoms with Gasteiger partial charge < -0.3 is 15.3 Å². The number of nitrogens with zero attached hydrogens (tertiary/aromatic N) is 3. The lowest BCUT2D eigenvalue weighted by Crippen LogP contribution is -2.38. The van der Waals surface area contributed by atoms with Crippen LogP contribution in [0.5, 0.6) is 0 Å². The summed E-state index contributed by atoms with van der Waals surface area (Å²) in [6.45, 7) is 1.69. The molecular formula is C15H16BrCl3N4O. The monoisotopic (exact) mass is 452 g/mol. The number of halogens is 4. The van der Waals surface area contributed by atoms with E-state index >= 15 is 0 Å². The van der Waals surface area contributed by atoms with Gasteiger partial charge in [-0.1, -0.05) is 29.3 Å². The fourth-order valence-corrected chi connectivity index (χ4v) is 3.21. The van der Waals surface area contributed by atoms with Gasteiger partial charge in [0.15, 0.2) is 0 Å². The molecule has 24 heavy (non-hydrogen) atoms. The molecule has 0 saturated carbocycles. The van der Waals surface area contributed by atoms with Gasteiger partial charge in [0, 0.05) is 42.1 Å². The molecule has 0 radical (unpaired) electrons. The van der Waals surface area contributed by atoms with Crippen molar-refractivity contribution in [3.05, 3.63) is 50.7 Å². The molecule has 1 aliphatic heterocycles. The third-order valence-electron chi connectivity index (χ3n) is 3.75. The molecule has 2 heterocycles. The minimum absolute atomic E-state index is 0. The van der Waals surface area contributed by atoms with Crippen LogP contribution in [0.15, 0.2) is 35.1 Å². The minimum atomic E-state index is -0.492. The van der Waals surface area contributed by atoms with Crippen LogP contribution in [0.4, 0.5) is 5.95 Å². The summed E-state index contributed by atoms with van der Waals surface area (Å²) in [6.07, 6.45) is 2.90. The SMILES string of the molecule is Cl.O[C@H]1CN(c2ncc(Br)cn2)C[C@@H]1NCc1ccc(Cl)cc1Cl. The van der Waals surface area contributed by atoms with Crippen LogP contribution in [-0.4, -0.2) is 40.3 Å². The van der Waals surface area contributed by atoms with E-state index in [9.17, 15) is 5.11 Å². The zero-order valence-corrected chi connectivity index (χ0v) is 16.4. The van der Waals surface area contributed by atoms with Gasteiger partial charge in [0.05, 0.1) is 16.6 Å². The molecule has 0 spiro atoms. The smallest absolute Gasteiger partial charge is 0.225 e. The number of rotatable bonds is 4. The number of anilines is 1. The second-order valence-electron chi connectivity index (χ2n) is 5.40. The van der Waals surface area contributed by atoms with Crippen molar-refractivity contribution in [2.24, 2.45) is 0 Å². The first-order valence-corrected chi connectivity index (χ1v) is 8.65. The summed E-state index contributed by atoms with van der Waals surface area (Å²) < 4.78 is 0.827. The highest BCUT2D eigenvalue weighted by Gasteiger charge is 2.32. The highest BCUT2D eigenvalue weighted by Crippen LogP contribution is 2.22. The largest absolute Gasteiger partial charge is 0.390 e. The molecule has 3 rings (SSSR count). The van der Waals surface area contributed by atoms with Gasteiger partial charge in [0.1, 0.15) is 0 Å². The molecule has 130 valence electrons. The van der Waals surface area contributed by atoms with Crippen molar-refractivity contribution in [2.45, 2.75) is 18.7 Å². The first-order valence-electron chi connectivity index (χ1n) is 7.11. The number of hydrogen-bond donors (Lipinski definition) is 2. The van der Waals surface area contributed by atoms with Gasteiger partial charge in [0.25, 0.3) is 0 Å². The van der Waals surface area contributed by atoms with E-state index in [1.54, 1.807) is 24.5 Å². The molecule has 1 fully saturated rings. The average molecular weight is 455 g/mol. The van der Waals surface area contributed by atoms with Crippen molar-refractivity contribution in [3.8, 4) is 0 Å². The topological polar surface area (TPSA) is 61.3 Å². The van der Waals surface area contributed by atoms with Crippen LogP contribution < -0.4 is 10.2 Å². The van der Waals surface area contributed by atoms with Gasteiger partial charge in [0.2, 0.25) is 5.95 Å². The van der Waals surface area contributed by atoms with Crippen LogP contribution in [0.1, 0.15) is 5.56 Å². The maximum atomic E-state index is 10.2. The Morgan fingerprint density at radius 3 is 2.62 bits per heavy atom. The second kappa shape index (κ2) is 8.65. The number of benzene rings is 1. The number of β-amino-alcohol motifs (C(OH)–C–C–N with tert-alkyl or cyclic N) is 1. The number of aromatic nitrogens is 2. The first-order chi connectivity index (χ1) is 11.0. The molecular weight excluding hydrogens is 438 g/mol. The highest BCUT2D eigenvalue weighted by atomic mass is 79.9. The summed E-state index contributed by atoms with van der Waals surface area (Å²) in [6, 6.07) is 5.33. The number of aliphatic hydroxyl groups is 1. The minimum Gasteiger partial charge on any atom is -0.390 e. The van der Waals surface area contributed by atoms with E-state index in [0.717, 1.165) is 10.0 Å². The number of nitrogens with one attached hydrogen (secondary N) is 1. The molecule has 2 N–H and O–H groups in total. The Hall–Kier alpha value is -0.630. The zero-order valence-electron chi connectivity index (χ0n) is 12.5. The normalized spacial score (nSPS) is 20.1. The van der Waals surface area contributed by atoms with Crippen molar-refractivity contribution < 1.29 is 5.11 Å². The summed E-state index contributed by atoms with van der Waals surface area (Å²) in [5.74, 6) is 0.612. The standard InChI is InChI=1S/C15H15BrCl2N4O.ClH/c16-10-5-20-15(21-6-10)22-7-13(14(23)8-22)19-4-9-1-2-11(17)3-12(9)18;/h1-3,5-6,13-14,19,23H,4,7-8H2;1H/t13-,14-;/m0./s1. The van der Waals surface area contributed by atoms with Crippen molar-refractivity contribution >= 4 is 57.5 Å². The fraction of sp³-hybridized carbons (Fsp3) is 0.333. The molecule has 5 nitrogen and oxygen atoms in total. The summed E-state index contributed by atoms with van der Waals surface area (Å²) >= 11 is 15.4. The van der Waals surface area contributed by atoms with Crippen molar-refractivity contribution in [3.63, 3.8) is 0 Å². The quantitative estimate of drug-likeness (QED) is 0.742. The molecule has 2 atom stereocenters. The lowest BCUT2D eigenvalue weighted by atomic mass is 10.2. The van der Waals surface area contributed by atoms with E-state index in [-0.39, 0.29) is 18.4 Å². The molecule has 2 aromatic rings. The second-order valence-corrected chi connectivity index (χ2v) is 7.16. The third-order valence-corrected chi connectivity index (χ3v) is 4.74. The van der Waals surface area contributed by atoms with Crippen LogP contribution in [-0.2, 0) is 6.54 Å². The maximum absolute atomic E-state index is 10.2. The molecule has 0 aliphatic carbocycles. The molecule has 0 bridgehead atoms. The molecule has 0 amide bonds. The van der Waals surface area contributed by atoms with Gasteiger partial charge in [-0.15, -0.1) is 12.4 Å². The summed E-state index contributed by atoms with van der Waals surface area (Å²) in [5, 5.41) is 14.8. The Balaban J connectivity index is 0.00000208. The Kier molecular flexibility index (Phi) is 7.10. The maximum Gasteiger partial charge on any atom is 0.225 e. The zero-order chi connectivity index (χ0) is 16.4. The van der Waals surface area contributed by atoms with E-state index < -0.39 is 6.10 Å². The van der Waals surface area contributed by atoms with Gasteiger partial charge in [-0.05, 0) is 33.6 Å². The average Bonchev–Trinajstić information content (AvgIpc) is 2.88. The third kappa shape index (κ3) is 4.71. The van der Waals surface area contributed by atoms with E-state index in [0.29, 0.717) is 35.6 Å². The Bertz CT molecular complexity index is 689. The molecule has 1 aromatic heterocycles. The van der Waals surface area contributed by atoms with Crippen molar-refractivity contribution in [1.82, 2.24) is 15.3 Å². The summed E-state index contributed by atoms with van der Waals surface area (Å²) in [5.41, 5.74) is 0.946. The highest BCUT2D eigenvalue weighted by molar-refractivity contribution is 9.10. The summed E-state index contributed by atoms with van der Waals surface area (Å²) in [7, 11) is 0. The van der Waals surface area contributed by atoms with Crippen LogP contribution in [0.3, 0.4) is 0 Å².